The highest BCUT2D eigenvalue weighted by molar-refractivity contribution is 5.36. The van der Waals surface area contributed by atoms with Crippen molar-refractivity contribution in [3.8, 4) is 5.69 Å². The summed E-state index contributed by atoms with van der Waals surface area (Å²) in [4.78, 5) is 0. The highest BCUT2D eigenvalue weighted by Crippen LogP contribution is 2.17. The van der Waals surface area contributed by atoms with Crippen LogP contribution in [0, 0.1) is 18.7 Å². The molecule has 20 heavy (non-hydrogen) atoms. The lowest BCUT2D eigenvalue weighted by atomic mass is 10.2. The number of nitrogens with zero attached hydrogens (tertiary/aromatic N) is 4. The highest BCUT2D eigenvalue weighted by atomic mass is 19.1. The Bertz CT molecular complexity index is 579. The predicted octanol–water partition coefficient (Wildman–Crippen LogP) is 2.42. The molecule has 1 aromatic heterocycles. The van der Waals surface area contributed by atoms with Crippen LogP contribution in [0.5, 0.6) is 0 Å². The van der Waals surface area contributed by atoms with Crippen molar-refractivity contribution in [3.63, 3.8) is 0 Å². The normalized spacial score (nSPS) is 12.9. The van der Waals surface area contributed by atoms with E-state index in [1.807, 2.05) is 6.92 Å². The summed E-state index contributed by atoms with van der Waals surface area (Å²) in [6.07, 6.45) is 0. The zero-order valence-electron chi connectivity index (χ0n) is 12.3. The molecule has 0 aliphatic rings. The number of aromatic nitrogens is 4. The first kappa shape index (κ1) is 14.6. The molecule has 5 nitrogen and oxygen atoms in total. The van der Waals surface area contributed by atoms with Gasteiger partial charge in [-0.25, -0.2) is 4.39 Å². The van der Waals surface area contributed by atoms with E-state index in [0.717, 1.165) is 18.1 Å². The Hall–Kier alpha value is -1.82. The monoisotopic (exact) mass is 277 g/mol. The third-order valence-electron chi connectivity index (χ3n) is 3.10. The average Bonchev–Trinajstić information content (AvgIpc) is 2.88. The number of tetrazole rings is 1. The molecule has 1 aromatic carbocycles. The van der Waals surface area contributed by atoms with Crippen molar-refractivity contribution in [2.75, 3.05) is 6.54 Å². The summed E-state index contributed by atoms with van der Waals surface area (Å²) in [5, 5.41) is 15.2. The Labute approximate surface area is 118 Å². The molecular weight excluding hydrogens is 257 g/mol. The van der Waals surface area contributed by atoms with E-state index in [-0.39, 0.29) is 11.9 Å². The summed E-state index contributed by atoms with van der Waals surface area (Å²) < 4.78 is 15.0. The van der Waals surface area contributed by atoms with Crippen LogP contribution in [0.15, 0.2) is 18.2 Å². The van der Waals surface area contributed by atoms with Crippen LogP contribution in [0.25, 0.3) is 5.69 Å². The molecule has 0 saturated carbocycles. The van der Waals surface area contributed by atoms with Crippen molar-refractivity contribution in [1.29, 1.82) is 0 Å². The quantitative estimate of drug-likeness (QED) is 0.912. The first-order valence-corrected chi connectivity index (χ1v) is 6.77. The van der Waals surface area contributed by atoms with Crippen molar-refractivity contribution in [1.82, 2.24) is 25.5 Å². The Balaban J connectivity index is 2.25. The van der Waals surface area contributed by atoms with Gasteiger partial charge in [0.05, 0.1) is 11.7 Å². The molecule has 0 bridgehead atoms. The smallest absolute Gasteiger partial charge is 0.173 e. The fourth-order valence-electron chi connectivity index (χ4n) is 1.91. The molecule has 2 aromatic rings. The molecule has 1 unspecified atom stereocenters. The van der Waals surface area contributed by atoms with Crippen molar-refractivity contribution in [2.24, 2.45) is 5.92 Å². The molecule has 0 aliphatic carbocycles. The molecule has 0 saturated heterocycles. The van der Waals surface area contributed by atoms with Gasteiger partial charge in [0.15, 0.2) is 5.82 Å². The zero-order valence-corrected chi connectivity index (χ0v) is 12.3. The second-order valence-electron chi connectivity index (χ2n) is 5.41. The number of rotatable bonds is 5. The van der Waals surface area contributed by atoms with Crippen molar-refractivity contribution in [3.05, 3.63) is 35.4 Å². The van der Waals surface area contributed by atoms with Gasteiger partial charge < -0.3 is 5.32 Å². The summed E-state index contributed by atoms with van der Waals surface area (Å²) in [6, 6.07) is 4.88. The van der Waals surface area contributed by atoms with Crippen molar-refractivity contribution >= 4 is 0 Å². The third-order valence-corrected chi connectivity index (χ3v) is 3.10. The molecule has 2 rings (SSSR count). The van der Waals surface area contributed by atoms with E-state index >= 15 is 0 Å². The van der Waals surface area contributed by atoms with E-state index in [1.54, 1.807) is 23.7 Å². The minimum atomic E-state index is -0.227. The van der Waals surface area contributed by atoms with Crippen molar-refractivity contribution in [2.45, 2.75) is 33.7 Å². The zero-order chi connectivity index (χ0) is 14.7. The molecule has 108 valence electrons. The molecule has 1 atom stereocenters. The molecule has 0 fully saturated rings. The lowest BCUT2D eigenvalue weighted by Gasteiger charge is -2.15. The SMILES string of the molecule is Cc1cc(-n2nnnc2C(C)NCC(C)C)ccc1F. The first-order chi connectivity index (χ1) is 9.49. The lowest BCUT2D eigenvalue weighted by Crippen LogP contribution is -2.25. The molecule has 6 heteroatoms. The van der Waals surface area contributed by atoms with Gasteiger partial charge in [0.25, 0.3) is 0 Å². The minimum absolute atomic E-state index is 0.0257. The Morgan fingerprint density at radius 1 is 1.30 bits per heavy atom. The summed E-state index contributed by atoms with van der Waals surface area (Å²) >= 11 is 0. The van der Waals surface area contributed by atoms with E-state index in [0.29, 0.717) is 11.5 Å². The number of hydrogen-bond acceptors (Lipinski definition) is 4. The molecule has 0 spiro atoms. The van der Waals surface area contributed by atoms with E-state index < -0.39 is 0 Å². The summed E-state index contributed by atoms with van der Waals surface area (Å²) in [7, 11) is 0. The van der Waals surface area contributed by atoms with Crippen LogP contribution in [0.4, 0.5) is 4.39 Å². The lowest BCUT2D eigenvalue weighted by molar-refractivity contribution is 0.475. The summed E-state index contributed by atoms with van der Waals surface area (Å²) in [5.41, 5.74) is 1.34. The van der Waals surface area contributed by atoms with Crippen LogP contribution in [0.3, 0.4) is 0 Å². The molecule has 0 radical (unpaired) electrons. The maximum absolute atomic E-state index is 13.3. The van der Waals surface area contributed by atoms with Gasteiger partial charge in [-0.3, -0.25) is 0 Å². The van der Waals surface area contributed by atoms with E-state index in [2.05, 4.69) is 34.7 Å². The number of halogens is 1. The van der Waals surface area contributed by atoms with Crippen LogP contribution in [0.2, 0.25) is 0 Å². The van der Waals surface area contributed by atoms with Gasteiger partial charge in [-0.05, 0) is 60.5 Å². The van der Waals surface area contributed by atoms with Gasteiger partial charge in [0.2, 0.25) is 0 Å². The maximum atomic E-state index is 13.3. The number of hydrogen-bond donors (Lipinski definition) is 1. The van der Waals surface area contributed by atoms with Gasteiger partial charge in [0, 0.05) is 0 Å². The third kappa shape index (κ3) is 3.19. The Kier molecular flexibility index (Phi) is 4.44. The van der Waals surface area contributed by atoms with Crippen LogP contribution in [-0.2, 0) is 0 Å². The van der Waals surface area contributed by atoms with Gasteiger partial charge in [-0.15, -0.1) is 5.10 Å². The van der Waals surface area contributed by atoms with Gasteiger partial charge in [-0.2, -0.15) is 4.68 Å². The predicted molar refractivity (Wildman–Crippen MR) is 75.1 cm³/mol. The molecule has 1 heterocycles. The van der Waals surface area contributed by atoms with Crippen LogP contribution in [-0.4, -0.2) is 26.8 Å². The average molecular weight is 277 g/mol. The maximum Gasteiger partial charge on any atom is 0.173 e. The molecule has 1 N–H and O–H groups in total. The fraction of sp³-hybridized carbons (Fsp3) is 0.500. The molecule has 0 aliphatic heterocycles. The Morgan fingerprint density at radius 3 is 2.70 bits per heavy atom. The standard InChI is InChI=1S/C14H20FN5/c1-9(2)8-16-11(4)14-17-18-19-20(14)12-5-6-13(15)10(3)7-12/h5-7,9,11,16H,8H2,1-4H3. The first-order valence-electron chi connectivity index (χ1n) is 6.77. The molecule has 0 amide bonds. The largest absolute Gasteiger partial charge is 0.307 e. The highest BCUT2D eigenvalue weighted by Gasteiger charge is 2.16. The van der Waals surface area contributed by atoms with E-state index in [4.69, 9.17) is 0 Å². The van der Waals surface area contributed by atoms with Crippen molar-refractivity contribution < 1.29 is 4.39 Å². The topological polar surface area (TPSA) is 55.6 Å². The van der Waals surface area contributed by atoms with Crippen LogP contribution < -0.4 is 5.32 Å². The van der Waals surface area contributed by atoms with Crippen LogP contribution >= 0.6 is 0 Å². The Morgan fingerprint density at radius 2 is 2.05 bits per heavy atom. The second kappa shape index (κ2) is 6.09. The van der Waals surface area contributed by atoms with E-state index in [9.17, 15) is 4.39 Å². The number of benzene rings is 1. The number of nitrogens with one attached hydrogen (secondary N) is 1. The van der Waals surface area contributed by atoms with E-state index in [1.165, 1.54) is 6.07 Å². The minimum Gasteiger partial charge on any atom is -0.307 e. The summed E-state index contributed by atoms with van der Waals surface area (Å²) in [6.45, 7) is 8.92. The van der Waals surface area contributed by atoms with Gasteiger partial charge >= 0.3 is 0 Å². The summed E-state index contributed by atoms with van der Waals surface area (Å²) in [5.74, 6) is 1.04. The van der Waals surface area contributed by atoms with Gasteiger partial charge in [0.1, 0.15) is 5.82 Å². The second-order valence-corrected chi connectivity index (χ2v) is 5.41. The van der Waals surface area contributed by atoms with Crippen LogP contribution in [0.1, 0.15) is 38.2 Å². The number of aryl methyl sites for hydroxylation is 1. The molecular formula is C14H20FN5. The fourth-order valence-corrected chi connectivity index (χ4v) is 1.91. The van der Waals surface area contributed by atoms with Gasteiger partial charge in [-0.1, -0.05) is 13.8 Å².